The van der Waals surface area contributed by atoms with Crippen LogP contribution in [-0.4, -0.2) is 4.98 Å². The van der Waals surface area contributed by atoms with Crippen molar-refractivity contribution in [1.82, 2.24) is 4.98 Å². The molecule has 0 aliphatic rings. The predicted octanol–water partition coefficient (Wildman–Crippen LogP) is 2.84. The second-order valence-electron chi connectivity index (χ2n) is 3.53. The molecule has 0 bridgehead atoms. The lowest BCUT2D eigenvalue weighted by molar-refractivity contribution is 0.659. The Labute approximate surface area is 83.2 Å². The van der Waals surface area contributed by atoms with Gasteiger partial charge in [0.1, 0.15) is 0 Å². The van der Waals surface area contributed by atoms with Gasteiger partial charge in [0.15, 0.2) is 0 Å². The first-order valence-corrected chi connectivity index (χ1v) is 4.39. The normalized spacial score (nSPS) is 11.0. The number of rotatable bonds is 1. The third-order valence-electron chi connectivity index (χ3n) is 1.95. The van der Waals surface area contributed by atoms with Gasteiger partial charge >= 0.3 is 0 Å². The number of nitriles is 1. The van der Waals surface area contributed by atoms with E-state index in [1.807, 2.05) is 13.0 Å². The van der Waals surface area contributed by atoms with Gasteiger partial charge < -0.3 is 0 Å². The van der Waals surface area contributed by atoms with Crippen molar-refractivity contribution in [1.29, 1.82) is 5.26 Å². The summed E-state index contributed by atoms with van der Waals surface area (Å²) in [6.45, 7) is 5.52. The molecular formula is C10H11ClN2. The summed E-state index contributed by atoms with van der Waals surface area (Å²) in [4.78, 5) is 4.13. The van der Waals surface area contributed by atoms with Crippen LogP contribution in [0.4, 0.5) is 0 Å². The van der Waals surface area contributed by atoms with Crippen molar-refractivity contribution < 1.29 is 0 Å². The highest BCUT2D eigenvalue weighted by Gasteiger charge is 2.24. The van der Waals surface area contributed by atoms with E-state index >= 15 is 0 Å². The minimum Gasteiger partial charge on any atom is -0.258 e. The third kappa shape index (κ3) is 1.81. The van der Waals surface area contributed by atoms with E-state index in [9.17, 15) is 0 Å². The van der Waals surface area contributed by atoms with Gasteiger partial charge in [0.05, 0.1) is 22.2 Å². The third-order valence-corrected chi connectivity index (χ3v) is 2.43. The van der Waals surface area contributed by atoms with Gasteiger partial charge in [0.25, 0.3) is 0 Å². The van der Waals surface area contributed by atoms with Gasteiger partial charge in [-0.05, 0) is 32.4 Å². The minimum absolute atomic E-state index is 0.592. The van der Waals surface area contributed by atoms with Crippen molar-refractivity contribution >= 4 is 11.6 Å². The zero-order valence-corrected chi connectivity index (χ0v) is 8.68. The summed E-state index contributed by atoms with van der Waals surface area (Å²) in [5.41, 5.74) is 0.981. The molecule has 0 unspecified atom stereocenters. The van der Waals surface area contributed by atoms with Crippen LogP contribution in [0.3, 0.4) is 0 Å². The van der Waals surface area contributed by atoms with Gasteiger partial charge in [-0.15, -0.1) is 0 Å². The highest BCUT2D eigenvalue weighted by atomic mass is 35.5. The molecule has 1 rings (SSSR count). The zero-order chi connectivity index (χ0) is 10.1. The van der Waals surface area contributed by atoms with Crippen LogP contribution in [0.25, 0.3) is 0 Å². The van der Waals surface area contributed by atoms with E-state index in [1.165, 1.54) is 0 Å². The summed E-state index contributed by atoms with van der Waals surface area (Å²) in [6, 6.07) is 4.01. The van der Waals surface area contributed by atoms with Crippen LogP contribution in [0.5, 0.6) is 0 Å². The lowest BCUT2D eigenvalue weighted by Gasteiger charge is -2.16. The maximum atomic E-state index is 8.91. The Morgan fingerprint density at radius 1 is 1.54 bits per heavy atom. The van der Waals surface area contributed by atoms with E-state index in [0.29, 0.717) is 10.7 Å². The largest absolute Gasteiger partial charge is 0.258 e. The smallest absolute Gasteiger partial charge is 0.0952 e. The zero-order valence-electron chi connectivity index (χ0n) is 7.93. The van der Waals surface area contributed by atoms with Gasteiger partial charge in [-0.2, -0.15) is 5.26 Å². The van der Waals surface area contributed by atoms with Crippen molar-refractivity contribution in [3.8, 4) is 6.07 Å². The average molecular weight is 195 g/mol. The molecule has 3 heteroatoms. The Kier molecular flexibility index (Phi) is 2.58. The number of hydrogen-bond acceptors (Lipinski definition) is 2. The molecule has 1 aromatic rings. The predicted molar refractivity (Wildman–Crippen MR) is 52.6 cm³/mol. The van der Waals surface area contributed by atoms with Crippen molar-refractivity contribution in [2.45, 2.75) is 26.2 Å². The van der Waals surface area contributed by atoms with Crippen LogP contribution >= 0.6 is 11.6 Å². The molecule has 0 saturated heterocycles. The Morgan fingerprint density at radius 2 is 2.15 bits per heavy atom. The molecule has 1 heterocycles. The van der Waals surface area contributed by atoms with Gasteiger partial charge in [-0.1, -0.05) is 11.6 Å². The highest BCUT2D eigenvalue weighted by molar-refractivity contribution is 6.32. The Bertz CT molecular complexity index is 364. The molecule has 0 radical (unpaired) electrons. The van der Waals surface area contributed by atoms with Crippen molar-refractivity contribution in [2.24, 2.45) is 0 Å². The van der Waals surface area contributed by atoms with E-state index < -0.39 is 5.41 Å². The van der Waals surface area contributed by atoms with Gasteiger partial charge in [0.2, 0.25) is 0 Å². The fraction of sp³-hybridized carbons (Fsp3) is 0.400. The molecule has 0 N–H and O–H groups in total. The Balaban J connectivity index is 3.33. The van der Waals surface area contributed by atoms with Crippen LogP contribution in [-0.2, 0) is 5.41 Å². The van der Waals surface area contributed by atoms with E-state index in [-0.39, 0.29) is 0 Å². The first-order valence-electron chi connectivity index (χ1n) is 4.02. The van der Waals surface area contributed by atoms with E-state index in [2.05, 4.69) is 11.1 Å². The molecule has 2 nitrogen and oxygen atoms in total. The maximum absolute atomic E-state index is 8.91. The molecule has 0 aromatic carbocycles. The Hall–Kier alpha value is -1.07. The molecule has 0 fully saturated rings. The topological polar surface area (TPSA) is 36.7 Å². The van der Waals surface area contributed by atoms with Crippen LogP contribution in [0.2, 0.25) is 5.02 Å². The number of aryl methyl sites for hydroxylation is 1. The van der Waals surface area contributed by atoms with Crippen molar-refractivity contribution in [2.75, 3.05) is 0 Å². The minimum atomic E-state index is -0.622. The molecule has 0 aliphatic carbocycles. The summed E-state index contributed by atoms with van der Waals surface area (Å²) in [7, 11) is 0. The first-order chi connectivity index (χ1) is 5.99. The molecule has 0 atom stereocenters. The second kappa shape index (κ2) is 3.35. The Morgan fingerprint density at radius 3 is 2.69 bits per heavy atom. The van der Waals surface area contributed by atoms with Crippen LogP contribution < -0.4 is 0 Å². The quantitative estimate of drug-likeness (QED) is 0.690. The molecule has 1 aromatic heterocycles. The summed E-state index contributed by atoms with van der Waals surface area (Å²) >= 11 is 6.04. The number of pyridine rings is 1. The molecule has 68 valence electrons. The van der Waals surface area contributed by atoms with E-state index in [1.54, 1.807) is 20.0 Å². The van der Waals surface area contributed by atoms with Gasteiger partial charge in [-0.25, -0.2) is 0 Å². The van der Waals surface area contributed by atoms with E-state index in [4.69, 9.17) is 16.9 Å². The van der Waals surface area contributed by atoms with Crippen LogP contribution in [0.1, 0.15) is 25.1 Å². The summed E-state index contributed by atoms with van der Waals surface area (Å²) in [5, 5.41) is 9.51. The molecule has 0 aliphatic heterocycles. The molecular weight excluding hydrogens is 184 g/mol. The fourth-order valence-corrected chi connectivity index (χ4v) is 1.38. The van der Waals surface area contributed by atoms with E-state index in [0.717, 1.165) is 5.56 Å². The number of hydrogen-bond donors (Lipinski definition) is 0. The SMILES string of the molecule is Cc1ccnc(C(C)(C)C#N)c1Cl. The van der Waals surface area contributed by atoms with Crippen LogP contribution in [0.15, 0.2) is 12.3 Å². The second-order valence-corrected chi connectivity index (χ2v) is 3.91. The summed E-state index contributed by atoms with van der Waals surface area (Å²) in [5.74, 6) is 0. The molecule has 0 saturated carbocycles. The number of aromatic nitrogens is 1. The standard InChI is InChI=1S/C10H11ClN2/c1-7-4-5-13-9(8(7)11)10(2,3)6-12/h4-5H,1-3H3. The fourth-order valence-electron chi connectivity index (χ4n) is 1.03. The van der Waals surface area contributed by atoms with Crippen LogP contribution in [0, 0.1) is 18.3 Å². The lowest BCUT2D eigenvalue weighted by Crippen LogP contribution is -2.16. The highest BCUT2D eigenvalue weighted by Crippen LogP contribution is 2.28. The monoisotopic (exact) mass is 194 g/mol. The number of nitrogens with zero attached hydrogens (tertiary/aromatic N) is 2. The molecule has 0 amide bonds. The van der Waals surface area contributed by atoms with Crippen molar-refractivity contribution in [3.05, 3.63) is 28.5 Å². The average Bonchev–Trinajstić information content (AvgIpc) is 2.09. The summed E-state index contributed by atoms with van der Waals surface area (Å²) < 4.78 is 0. The molecule has 0 spiro atoms. The maximum Gasteiger partial charge on any atom is 0.0952 e. The molecule has 13 heavy (non-hydrogen) atoms. The lowest BCUT2D eigenvalue weighted by atomic mass is 9.90. The van der Waals surface area contributed by atoms with Gasteiger partial charge in [0, 0.05) is 6.20 Å². The summed E-state index contributed by atoms with van der Waals surface area (Å²) in [6.07, 6.45) is 1.68. The van der Waals surface area contributed by atoms with Crippen molar-refractivity contribution in [3.63, 3.8) is 0 Å². The number of halogens is 1. The van der Waals surface area contributed by atoms with Gasteiger partial charge in [-0.3, -0.25) is 4.98 Å². The first kappa shape index (κ1) is 10.0.